The minimum Gasteiger partial charge on any atom is -0.513 e. The molecule has 0 saturated carbocycles. The van der Waals surface area contributed by atoms with E-state index in [0.29, 0.717) is 22.5 Å². The molecular weight excluding hydrogens is 276 g/mol. The van der Waals surface area contributed by atoms with Crippen molar-refractivity contribution in [2.24, 2.45) is 10.2 Å². The zero-order valence-corrected chi connectivity index (χ0v) is 11.2. The Bertz CT molecular complexity index is 667. The molecule has 4 nitrogen and oxygen atoms in total. The van der Waals surface area contributed by atoms with Gasteiger partial charge in [-0.15, -0.1) is 5.11 Å². The number of halogens is 1. The molecule has 0 aromatic heterocycles. The number of hydrogen-bond donors (Lipinski definition) is 1. The lowest BCUT2D eigenvalue weighted by Crippen LogP contribution is -2.00. The minimum absolute atomic E-state index is 0.142. The Labute approximate surface area is 121 Å². The van der Waals surface area contributed by atoms with Crippen molar-refractivity contribution in [3.63, 3.8) is 0 Å². The zero-order chi connectivity index (χ0) is 14.4. The first kappa shape index (κ1) is 14.0. The number of rotatable bonds is 4. The Morgan fingerprint density at radius 1 is 1.10 bits per heavy atom. The zero-order valence-electron chi connectivity index (χ0n) is 10.4. The Morgan fingerprint density at radius 2 is 1.85 bits per heavy atom. The van der Waals surface area contributed by atoms with Gasteiger partial charge in [-0.3, -0.25) is 4.79 Å². The van der Waals surface area contributed by atoms with Gasteiger partial charge < -0.3 is 5.11 Å². The van der Waals surface area contributed by atoms with Gasteiger partial charge >= 0.3 is 0 Å². The molecule has 0 amide bonds. The first-order chi connectivity index (χ1) is 9.70. The van der Waals surface area contributed by atoms with Gasteiger partial charge in [0, 0.05) is 10.6 Å². The van der Waals surface area contributed by atoms with Crippen LogP contribution < -0.4 is 0 Å². The molecule has 0 bridgehead atoms. The van der Waals surface area contributed by atoms with Crippen LogP contribution in [0.15, 0.2) is 76.8 Å². The van der Waals surface area contributed by atoms with Crippen LogP contribution in [0.5, 0.6) is 0 Å². The fourth-order valence-corrected chi connectivity index (χ4v) is 1.70. The molecule has 0 atom stereocenters. The van der Waals surface area contributed by atoms with Crippen LogP contribution in [0, 0.1) is 0 Å². The van der Waals surface area contributed by atoms with Gasteiger partial charge in [0.15, 0.2) is 5.70 Å². The van der Waals surface area contributed by atoms with E-state index >= 15 is 0 Å². The standard InChI is InChI=1S/C15H11ClN2O2/c16-12-7-4-8-13(9-12)17-18-14(10-19)15(20)11-5-2-1-3-6-11/h1-10,19H/b14-10+,18-17?. The van der Waals surface area contributed by atoms with Gasteiger partial charge in [-0.25, -0.2) is 0 Å². The van der Waals surface area contributed by atoms with Crippen molar-refractivity contribution in [3.05, 3.63) is 77.1 Å². The van der Waals surface area contributed by atoms with Gasteiger partial charge in [0.25, 0.3) is 0 Å². The highest BCUT2D eigenvalue weighted by molar-refractivity contribution is 6.30. The summed E-state index contributed by atoms with van der Waals surface area (Å²) >= 11 is 5.82. The van der Waals surface area contributed by atoms with Crippen molar-refractivity contribution < 1.29 is 9.90 Å². The summed E-state index contributed by atoms with van der Waals surface area (Å²) in [5.74, 6) is -0.404. The Hall–Kier alpha value is -2.46. The van der Waals surface area contributed by atoms with Crippen LogP contribution in [0.2, 0.25) is 5.02 Å². The van der Waals surface area contributed by atoms with Crippen LogP contribution in [0.1, 0.15) is 10.4 Å². The first-order valence-corrected chi connectivity index (χ1v) is 6.20. The molecule has 20 heavy (non-hydrogen) atoms. The third kappa shape index (κ3) is 3.52. The molecule has 100 valence electrons. The molecule has 0 saturated heterocycles. The summed E-state index contributed by atoms with van der Waals surface area (Å²) in [5, 5.41) is 17.3. The summed E-state index contributed by atoms with van der Waals surface area (Å²) in [4.78, 5) is 12.1. The third-order valence-electron chi connectivity index (χ3n) is 2.47. The number of ketones is 1. The summed E-state index contributed by atoms with van der Waals surface area (Å²) in [6, 6.07) is 15.3. The first-order valence-electron chi connectivity index (χ1n) is 5.82. The fraction of sp³-hybridized carbons (Fsp3) is 0. The lowest BCUT2D eigenvalue weighted by atomic mass is 10.1. The van der Waals surface area contributed by atoms with Crippen LogP contribution >= 0.6 is 11.6 Å². The lowest BCUT2D eigenvalue weighted by molar-refractivity contribution is 0.102. The quantitative estimate of drug-likeness (QED) is 0.383. The van der Waals surface area contributed by atoms with E-state index in [4.69, 9.17) is 16.7 Å². The summed E-state index contributed by atoms with van der Waals surface area (Å²) in [6.07, 6.45) is 0.642. The molecule has 0 unspecified atom stereocenters. The SMILES string of the molecule is O=C(/C(=C\O)N=Nc1cccc(Cl)c1)c1ccccc1. The highest BCUT2D eigenvalue weighted by Crippen LogP contribution is 2.19. The Kier molecular flexibility index (Phi) is 4.63. The van der Waals surface area contributed by atoms with Crippen LogP contribution in [0.25, 0.3) is 0 Å². The minimum atomic E-state index is -0.404. The van der Waals surface area contributed by atoms with Crippen LogP contribution in [0.4, 0.5) is 5.69 Å². The number of allylic oxidation sites excluding steroid dienone is 1. The Morgan fingerprint density at radius 3 is 2.50 bits per heavy atom. The van der Waals surface area contributed by atoms with Crippen molar-refractivity contribution in [2.45, 2.75) is 0 Å². The van der Waals surface area contributed by atoms with E-state index in [1.165, 1.54) is 0 Å². The molecule has 2 rings (SSSR count). The van der Waals surface area contributed by atoms with Gasteiger partial charge in [0.05, 0.1) is 5.69 Å². The highest BCUT2D eigenvalue weighted by Gasteiger charge is 2.11. The van der Waals surface area contributed by atoms with Gasteiger partial charge in [-0.1, -0.05) is 48.0 Å². The predicted octanol–water partition coefficient (Wildman–Crippen LogP) is 4.71. The second kappa shape index (κ2) is 6.63. The summed E-state index contributed by atoms with van der Waals surface area (Å²) < 4.78 is 0. The average Bonchev–Trinajstić information content (AvgIpc) is 2.48. The molecule has 0 radical (unpaired) electrons. The maximum atomic E-state index is 12.1. The molecular formula is C15H11ClN2O2. The van der Waals surface area contributed by atoms with E-state index in [1.807, 2.05) is 0 Å². The van der Waals surface area contributed by atoms with Gasteiger partial charge in [-0.05, 0) is 18.2 Å². The summed E-state index contributed by atoms with van der Waals surface area (Å²) in [7, 11) is 0. The third-order valence-corrected chi connectivity index (χ3v) is 2.71. The molecule has 5 heteroatoms. The van der Waals surface area contributed by atoms with Gasteiger partial charge in [-0.2, -0.15) is 5.11 Å². The van der Waals surface area contributed by atoms with Crippen LogP contribution in [-0.4, -0.2) is 10.9 Å². The van der Waals surface area contributed by atoms with Crippen molar-refractivity contribution in [2.75, 3.05) is 0 Å². The largest absolute Gasteiger partial charge is 0.513 e. The van der Waals surface area contributed by atoms with Crippen LogP contribution in [0.3, 0.4) is 0 Å². The Balaban J connectivity index is 2.20. The van der Waals surface area contributed by atoms with E-state index < -0.39 is 5.78 Å². The molecule has 0 aliphatic heterocycles. The van der Waals surface area contributed by atoms with Gasteiger partial charge in [0.2, 0.25) is 5.78 Å². The molecule has 2 aromatic carbocycles. The number of carbonyl (C=O) groups is 1. The predicted molar refractivity (Wildman–Crippen MR) is 77.5 cm³/mol. The van der Waals surface area contributed by atoms with E-state index in [9.17, 15) is 4.79 Å². The van der Waals surface area contributed by atoms with Crippen molar-refractivity contribution >= 4 is 23.1 Å². The number of benzene rings is 2. The fourth-order valence-electron chi connectivity index (χ4n) is 1.52. The molecule has 0 spiro atoms. The molecule has 0 aliphatic carbocycles. The van der Waals surface area contributed by atoms with Crippen molar-refractivity contribution in [3.8, 4) is 0 Å². The van der Waals surface area contributed by atoms with Crippen molar-refractivity contribution in [1.82, 2.24) is 0 Å². The van der Waals surface area contributed by atoms with E-state index in [2.05, 4.69) is 10.2 Å². The average molecular weight is 287 g/mol. The maximum Gasteiger partial charge on any atom is 0.216 e. The van der Waals surface area contributed by atoms with E-state index in [0.717, 1.165) is 0 Å². The van der Waals surface area contributed by atoms with E-state index in [1.54, 1.807) is 54.6 Å². The number of aliphatic hydroxyl groups excluding tert-OH is 1. The normalized spacial score (nSPS) is 11.8. The number of nitrogens with zero attached hydrogens (tertiary/aromatic N) is 2. The second-order valence-corrected chi connectivity index (χ2v) is 4.33. The number of Topliss-reactive ketones (excluding diaryl/α,β-unsaturated/α-hetero) is 1. The monoisotopic (exact) mass is 286 g/mol. The highest BCUT2D eigenvalue weighted by atomic mass is 35.5. The second-order valence-electron chi connectivity index (χ2n) is 3.89. The molecule has 2 aromatic rings. The summed E-state index contributed by atoms with van der Waals surface area (Å²) in [5.41, 5.74) is 0.784. The van der Waals surface area contributed by atoms with Crippen LogP contribution in [-0.2, 0) is 0 Å². The molecule has 0 fully saturated rings. The molecule has 0 aliphatic rings. The molecule has 1 N–H and O–H groups in total. The van der Waals surface area contributed by atoms with Gasteiger partial charge in [0.1, 0.15) is 6.26 Å². The topological polar surface area (TPSA) is 62.0 Å². The number of aliphatic hydroxyl groups is 1. The molecule has 0 heterocycles. The van der Waals surface area contributed by atoms with E-state index in [-0.39, 0.29) is 5.70 Å². The number of hydrogen-bond acceptors (Lipinski definition) is 4. The maximum absolute atomic E-state index is 12.1. The number of carbonyl (C=O) groups excluding carboxylic acids is 1. The summed E-state index contributed by atoms with van der Waals surface area (Å²) in [6.45, 7) is 0. The number of azo groups is 1. The smallest absolute Gasteiger partial charge is 0.216 e. The van der Waals surface area contributed by atoms with Crippen molar-refractivity contribution in [1.29, 1.82) is 0 Å². The lowest BCUT2D eigenvalue weighted by Gasteiger charge is -1.99.